The van der Waals surface area contributed by atoms with Crippen molar-refractivity contribution in [1.82, 2.24) is 14.8 Å². The van der Waals surface area contributed by atoms with Crippen LogP contribution in [-0.2, 0) is 17.8 Å². The highest BCUT2D eigenvalue weighted by Crippen LogP contribution is 2.27. The third-order valence-electron chi connectivity index (χ3n) is 5.06. The van der Waals surface area contributed by atoms with Gasteiger partial charge in [-0.3, -0.25) is 14.4 Å². The summed E-state index contributed by atoms with van der Waals surface area (Å²) in [6.07, 6.45) is 1.21. The Labute approximate surface area is 168 Å². The number of aromatic nitrogens is 1. The Morgan fingerprint density at radius 2 is 2.10 bits per heavy atom. The number of rotatable bonds is 4. The molecule has 11 heteroatoms. The van der Waals surface area contributed by atoms with Gasteiger partial charge in [-0.05, 0) is 17.7 Å². The van der Waals surface area contributed by atoms with Crippen molar-refractivity contribution in [3.63, 3.8) is 0 Å². The van der Waals surface area contributed by atoms with Crippen LogP contribution in [0.25, 0.3) is 0 Å². The summed E-state index contributed by atoms with van der Waals surface area (Å²) in [4.78, 5) is 50.7. The second kappa shape index (κ2) is 7.75. The van der Waals surface area contributed by atoms with Crippen molar-refractivity contribution in [2.75, 3.05) is 13.2 Å². The van der Waals surface area contributed by atoms with Crippen molar-refractivity contribution in [2.45, 2.75) is 25.7 Å². The van der Waals surface area contributed by atoms with Crippen LogP contribution in [0.5, 0.6) is 0 Å². The van der Waals surface area contributed by atoms with Crippen LogP contribution in [0.4, 0.5) is 14.5 Å². The average molecular weight is 418 g/mol. The molecule has 1 N–H and O–H groups in total. The molecule has 9 nitrogen and oxygen atoms in total. The normalized spacial score (nSPS) is 17.9. The fourth-order valence-corrected chi connectivity index (χ4v) is 3.58. The van der Waals surface area contributed by atoms with Crippen molar-refractivity contribution < 1.29 is 23.1 Å². The van der Waals surface area contributed by atoms with Gasteiger partial charge >= 0.3 is 0 Å². The summed E-state index contributed by atoms with van der Waals surface area (Å²) in [6, 6.07) is 2.87. The maximum atomic E-state index is 13.8. The van der Waals surface area contributed by atoms with Gasteiger partial charge in [-0.1, -0.05) is 6.07 Å². The number of hydrogen-bond acceptors (Lipinski definition) is 6. The van der Waals surface area contributed by atoms with E-state index >= 15 is 0 Å². The lowest BCUT2D eigenvalue weighted by Gasteiger charge is -2.40. The number of halogens is 2. The first-order valence-electron chi connectivity index (χ1n) is 9.16. The highest BCUT2D eigenvalue weighted by Gasteiger charge is 2.38. The van der Waals surface area contributed by atoms with Gasteiger partial charge in [0, 0.05) is 30.9 Å². The van der Waals surface area contributed by atoms with Gasteiger partial charge in [0.05, 0.1) is 13.2 Å². The van der Waals surface area contributed by atoms with Crippen molar-refractivity contribution in [1.29, 1.82) is 0 Å². The summed E-state index contributed by atoms with van der Waals surface area (Å²) in [7, 11) is 0. The molecule has 0 radical (unpaired) electrons. The third-order valence-corrected chi connectivity index (χ3v) is 5.06. The van der Waals surface area contributed by atoms with E-state index in [-0.39, 0.29) is 24.3 Å². The fraction of sp³-hybridized carbons (Fsp3) is 0.316. The second-order valence-electron chi connectivity index (χ2n) is 6.91. The summed E-state index contributed by atoms with van der Waals surface area (Å²) in [6.45, 7) is 0.686. The van der Waals surface area contributed by atoms with Gasteiger partial charge < -0.3 is 19.5 Å². The van der Waals surface area contributed by atoms with Crippen LogP contribution in [0.15, 0.2) is 34.4 Å². The molecule has 30 heavy (non-hydrogen) atoms. The zero-order chi connectivity index (χ0) is 21.4. The molecule has 1 atom stereocenters. The molecular weight excluding hydrogens is 402 g/mol. The number of nitrogens with one attached hydrogen (secondary N) is 1. The molecule has 1 saturated heterocycles. The van der Waals surface area contributed by atoms with Crippen molar-refractivity contribution in [3.8, 4) is 0 Å². The number of carbonyl (C=O) groups excluding carboxylic acids is 2. The van der Waals surface area contributed by atoms with Crippen LogP contribution in [0.3, 0.4) is 0 Å². The lowest BCUT2D eigenvalue weighted by molar-refractivity contribution is -0.0916. The number of pyridine rings is 1. The number of fused-ring (bicyclic) bond motifs is 2. The first kappa shape index (κ1) is 19.8. The summed E-state index contributed by atoms with van der Waals surface area (Å²) >= 11 is 0. The second-order valence-corrected chi connectivity index (χ2v) is 6.91. The van der Waals surface area contributed by atoms with Gasteiger partial charge in [0.1, 0.15) is 22.9 Å². The third kappa shape index (κ3) is 3.36. The number of nitroso groups, excluding NO2 is 1. The molecule has 1 aromatic heterocycles. The smallest absolute Gasteiger partial charge is 0.275 e. The lowest BCUT2D eigenvalue weighted by Crippen LogP contribution is -2.53. The van der Waals surface area contributed by atoms with E-state index in [9.17, 15) is 28.1 Å². The van der Waals surface area contributed by atoms with Gasteiger partial charge in [-0.15, -0.1) is 4.91 Å². The Hall–Kier alpha value is -3.47. The summed E-state index contributed by atoms with van der Waals surface area (Å²) in [5.74, 6) is -3.07. The molecule has 0 saturated carbocycles. The number of ether oxygens (including phenoxy) is 1. The molecule has 0 aliphatic carbocycles. The maximum Gasteiger partial charge on any atom is 0.275 e. The molecule has 0 bridgehead atoms. The Morgan fingerprint density at radius 3 is 2.83 bits per heavy atom. The first-order valence-corrected chi connectivity index (χ1v) is 9.16. The van der Waals surface area contributed by atoms with Crippen LogP contribution >= 0.6 is 0 Å². The monoisotopic (exact) mass is 418 g/mol. The molecule has 2 amide bonds. The van der Waals surface area contributed by atoms with E-state index in [1.807, 2.05) is 0 Å². The Bertz CT molecular complexity index is 1120. The van der Waals surface area contributed by atoms with Gasteiger partial charge in [-0.2, -0.15) is 0 Å². The first-order chi connectivity index (χ1) is 14.4. The predicted octanol–water partition coefficient (Wildman–Crippen LogP) is 1.66. The SMILES string of the molecule is O=Nc1c2n(cc(C(=O)NCc3ccc(F)cc3F)c1=O)CC1OCCCN1C2=O. The molecule has 3 heterocycles. The van der Waals surface area contributed by atoms with Crippen LogP contribution in [0.1, 0.15) is 32.8 Å². The van der Waals surface area contributed by atoms with Crippen molar-refractivity contribution in [3.05, 3.63) is 68.0 Å². The minimum Gasteiger partial charge on any atom is -0.356 e. The summed E-state index contributed by atoms with van der Waals surface area (Å²) in [5.41, 5.74) is -2.27. The number of carbonyl (C=O) groups is 2. The van der Waals surface area contributed by atoms with Crippen molar-refractivity contribution >= 4 is 17.5 Å². The van der Waals surface area contributed by atoms with E-state index in [4.69, 9.17) is 4.74 Å². The largest absolute Gasteiger partial charge is 0.356 e. The molecule has 0 spiro atoms. The van der Waals surface area contributed by atoms with Crippen LogP contribution in [0.2, 0.25) is 0 Å². The van der Waals surface area contributed by atoms with Crippen LogP contribution in [-0.4, -0.2) is 40.7 Å². The Morgan fingerprint density at radius 1 is 1.30 bits per heavy atom. The number of nitrogens with zero attached hydrogens (tertiary/aromatic N) is 3. The molecule has 2 aliphatic heterocycles. The van der Waals surface area contributed by atoms with E-state index in [1.165, 1.54) is 9.47 Å². The van der Waals surface area contributed by atoms with E-state index in [0.717, 1.165) is 18.3 Å². The van der Waals surface area contributed by atoms with E-state index in [1.54, 1.807) is 0 Å². The maximum absolute atomic E-state index is 13.8. The minimum atomic E-state index is -1.00. The van der Waals surface area contributed by atoms with E-state index < -0.39 is 46.4 Å². The average Bonchev–Trinajstić information content (AvgIpc) is 2.73. The summed E-state index contributed by atoms with van der Waals surface area (Å²) in [5, 5.41) is 5.06. The molecule has 1 fully saturated rings. The Kier molecular flexibility index (Phi) is 5.12. The molecule has 2 aromatic rings. The van der Waals surface area contributed by atoms with Gasteiger partial charge in [0.2, 0.25) is 5.43 Å². The number of benzene rings is 1. The lowest BCUT2D eigenvalue weighted by atomic mass is 10.1. The highest BCUT2D eigenvalue weighted by molar-refractivity contribution is 6.01. The Balaban J connectivity index is 1.66. The molecule has 4 rings (SSSR count). The topological polar surface area (TPSA) is 110 Å². The minimum absolute atomic E-state index is 0.0120. The van der Waals surface area contributed by atoms with Crippen molar-refractivity contribution in [2.24, 2.45) is 5.18 Å². The molecule has 1 unspecified atom stereocenters. The van der Waals surface area contributed by atoms with Crippen LogP contribution in [0, 0.1) is 16.5 Å². The fourth-order valence-electron chi connectivity index (χ4n) is 3.58. The highest BCUT2D eigenvalue weighted by atomic mass is 19.1. The number of amides is 2. The predicted molar refractivity (Wildman–Crippen MR) is 99.1 cm³/mol. The molecule has 156 valence electrons. The van der Waals surface area contributed by atoms with Gasteiger partial charge in [0.15, 0.2) is 11.9 Å². The number of hydrogen-bond donors (Lipinski definition) is 1. The molecular formula is C19H16F2N4O5. The zero-order valence-corrected chi connectivity index (χ0v) is 15.6. The molecule has 2 aliphatic rings. The van der Waals surface area contributed by atoms with E-state index in [0.29, 0.717) is 25.6 Å². The van der Waals surface area contributed by atoms with Gasteiger partial charge in [0.25, 0.3) is 11.8 Å². The standard InChI is InChI=1S/C19H16F2N4O5/c20-11-3-2-10(13(21)6-11)7-22-18(27)12-8-24-9-14-25(4-1-5-30-14)19(28)16(24)15(23-29)17(12)26/h2-3,6,8,14H,1,4-5,7,9H2,(H,22,27). The molecule has 1 aromatic carbocycles. The van der Waals surface area contributed by atoms with Crippen LogP contribution < -0.4 is 10.7 Å². The summed E-state index contributed by atoms with van der Waals surface area (Å²) < 4.78 is 33.6. The van der Waals surface area contributed by atoms with Gasteiger partial charge in [-0.25, -0.2) is 8.78 Å². The zero-order valence-electron chi connectivity index (χ0n) is 15.6. The van der Waals surface area contributed by atoms with E-state index in [2.05, 4.69) is 10.5 Å². The quantitative estimate of drug-likeness (QED) is 0.760.